The van der Waals surface area contributed by atoms with Crippen molar-refractivity contribution in [1.29, 1.82) is 0 Å². The van der Waals surface area contributed by atoms with E-state index in [9.17, 15) is 0 Å². The second kappa shape index (κ2) is 10.4. The molecule has 4 N–H and O–H groups in total. The van der Waals surface area contributed by atoms with E-state index in [2.05, 4.69) is 51.3 Å². The SMILES string of the molecule is CCN(CC)CCC[C@@H](C)Nc1nc(C)cc(Nc2ccc3nc(C)cc(N)c3c2)n1. The zero-order chi connectivity index (χ0) is 22.4. The third kappa shape index (κ3) is 6.28. The Morgan fingerprint density at radius 3 is 2.48 bits per heavy atom. The number of anilines is 4. The number of benzene rings is 1. The topological polar surface area (TPSA) is 92.0 Å². The normalized spacial score (nSPS) is 12.3. The molecular weight excluding hydrogens is 386 g/mol. The molecule has 0 aliphatic heterocycles. The van der Waals surface area contributed by atoms with Crippen LogP contribution in [0.4, 0.5) is 23.1 Å². The zero-order valence-electron chi connectivity index (χ0n) is 19.4. The van der Waals surface area contributed by atoms with Gasteiger partial charge in [-0.2, -0.15) is 4.98 Å². The summed E-state index contributed by atoms with van der Waals surface area (Å²) in [6.45, 7) is 13.9. The van der Waals surface area contributed by atoms with Gasteiger partial charge < -0.3 is 21.3 Å². The van der Waals surface area contributed by atoms with E-state index in [4.69, 9.17) is 5.73 Å². The Balaban J connectivity index is 1.67. The van der Waals surface area contributed by atoms with Crippen LogP contribution in [-0.2, 0) is 0 Å². The minimum absolute atomic E-state index is 0.306. The van der Waals surface area contributed by atoms with Crippen molar-refractivity contribution in [2.24, 2.45) is 0 Å². The van der Waals surface area contributed by atoms with Crippen LogP contribution in [0.2, 0.25) is 0 Å². The molecule has 0 saturated carbocycles. The number of fused-ring (bicyclic) bond motifs is 1. The van der Waals surface area contributed by atoms with E-state index < -0.39 is 0 Å². The molecule has 31 heavy (non-hydrogen) atoms. The fraction of sp³-hybridized carbons (Fsp3) is 0.458. The Morgan fingerprint density at radius 2 is 1.74 bits per heavy atom. The van der Waals surface area contributed by atoms with E-state index in [1.807, 2.05) is 44.2 Å². The molecule has 0 fully saturated rings. The van der Waals surface area contributed by atoms with Gasteiger partial charge >= 0.3 is 0 Å². The first kappa shape index (κ1) is 22.7. The summed E-state index contributed by atoms with van der Waals surface area (Å²) >= 11 is 0. The second-order valence-corrected chi connectivity index (χ2v) is 8.14. The highest BCUT2D eigenvalue weighted by molar-refractivity contribution is 5.93. The van der Waals surface area contributed by atoms with Crippen LogP contribution in [0.5, 0.6) is 0 Å². The van der Waals surface area contributed by atoms with Crippen LogP contribution in [-0.4, -0.2) is 45.5 Å². The minimum atomic E-state index is 0.306. The van der Waals surface area contributed by atoms with Crippen molar-refractivity contribution in [1.82, 2.24) is 19.9 Å². The van der Waals surface area contributed by atoms with Crippen molar-refractivity contribution in [3.63, 3.8) is 0 Å². The lowest BCUT2D eigenvalue weighted by Crippen LogP contribution is -2.26. The molecule has 3 aromatic rings. The zero-order valence-corrected chi connectivity index (χ0v) is 19.4. The first-order valence-corrected chi connectivity index (χ1v) is 11.2. The second-order valence-electron chi connectivity index (χ2n) is 8.14. The summed E-state index contributed by atoms with van der Waals surface area (Å²) < 4.78 is 0. The van der Waals surface area contributed by atoms with Crippen molar-refractivity contribution in [3.8, 4) is 0 Å². The molecule has 2 aromatic heterocycles. The maximum absolute atomic E-state index is 6.19. The quantitative estimate of drug-likeness (QED) is 0.429. The highest BCUT2D eigenvalue weighted by Gasteiger charge is 2.09. The van der Waals surface area contributed by atoms with Crippen LogP contribution in [0.15, 0.2) is 30.3 Å². The van der Waals surface area contributed by atoms with Crippen LogP contribution in [0.1, 0.15) is 45.0 Å². The van der Waals surface area contributed by atoms with Crippen LogP contribution >= 0.6 is 0 Å². The average Bonchev–Trinajstić information content (AvgIpc) is 2.71. The van der Waals surface area contributed by atoms with Gasteiger partial charge in [0, 0.05) is 40.3 Å². The lowest BCUT2D eigenvalue weighted by molar-refractivity contribution is 0.295. The molecule has 1 aromatic carbocycles. The molecule has 0 aliphatic rings. The van der Waals surface area contributed by atoms with Gasteiger partial charge in [-0.3, -0.25) is 4.98 Å². The fourth-order valence-corrected chi connectivity index (χ4v) is 3.77. The van der Waals surface area contributed by atoms with Gasteiger partial charge in [-0.1, -0.05) is 13.8 Å². The molecule has 0 radical (unpaired) electrons. The Hall–Kier alpha value is -2.93. The molecule has 0 spiro atoms. The number of nitrogen functional groups attached to an aromatic ring is 1. The first-order chi connectivity index (χ1) is 14.9. The average molecular weight is 422 g/mol. The van der Waals surface area contributed by atoms with Crippen LogP contribution in [0.3, 0.4) is 0 Å². The van der Waals surface area contributed by atoms with E-state index in [1.165, 1.54) is 0 Å². The molecule has 0 saturated heterocycles. The fourth-order valence-electron chi connectivity index (χ4n) is 3.77. The molecule has 7 nitrogen and oxygen atoms in total. The Labute approximate surface area is 185 Å². The van der Waals surface area contributed by atoms with E-state index in [0.717, 1.165) is 72.0 Å². The standard InChI is InChI=1S/C24H35N7/c1-6-31(7-2)12-8-9-16(3)27-24-28-18(5)14-23(30-24)29-19-10-11-22-20(15-19)21(25)13-17(4)26-22/h10-11,13-16H,6-9,12H2,1-5H3,(H2,25,26)(H2,27,28,29,30)/t16-/m1/s1. The largest absolute Gasteiger partial charge is 0.398 e. The molecular formula is C24H35N7. The highest BCUT2D eigenvalue weighted by Crippen LogP contribution is 2.26. The maximum atomic E-state index is 6.19. The summed E-state index contributed by atoms with van der Waals surface area (Å²) in [6.07, 6.45) is 2.23. The number of hydrogen-bond acceptors (Lipinski definition) is 7. The minimum Gasteiger partial charge on any atom is -0.398 e. The third-order valence-corrected chi connectivity index (χ3v) is 5.48. The molecule has 3 rings (SSSR count). The highest BCUT2D eigenvalue weighted by atomic mass is 15.2. The predicted octanol–water partition coefficient (Wildman–Crippen LogP) is 4.89. The van der Waals surface area contributed by atoms with Gasteiger partial charge in [0.15, 0.2) is 0 Å². The van der Waals surface area contributed by atoms with Crippen LogP contribution < -0.4 is 16.4 Å². The summed E-state index contributed by atoms with van der Waals surface area (Å²) in [5.74, 6) is 1.40. The van der Waals surface area contributed by atoms with Gasteiger partial charge in [-0.05, 0) is 77.5 Å². The number of pyridine rings is 1. The number of rotatable bonds is 10. The molecule has 0 amide bonds. The summed E-state index contributed by atoms with van der Waals surface area (Å²) in [5.41, 5.74) is 10.6. The number of nitrogens with two attached hydrogens (primary N) is 1. The van der Waals surface area contributed by atoms with E-state index in [0.29, 0.717) is 12.0 Å². The smallest absolute Gasteiger partial charge is 0.225 e. The van der Waals surface area contributed by atoms with E-state index in [-0.39, 0.29) is 0 Å². The van der Waals surface area contributed by atoms with Gasteiger partial charge in [0.05, 0.1) is 5.52 Å². The molecule has 2 heterocycles. The molecule has 0 aliphatic carbocycles. The van der Waals surface area contributed by atoms with Gasteiger partial charge in [0.1, 0.15) is 5.82 Å². The molecule has 0 unspecified atom stereocenters. The van der Waals surface area contributed by atoms with Crippen molar-refractivity contribution in [3.05, 3.63) is 41.7 Å². The predicted molar refractivity (Wildman–Crippen MR) is 131 cm³/mol. The number of nitrogens with one attached hydrogen (secondary N) is 2. The monoisotopic (exact) mass is 421 g/mol. The van der Waals surface area contributed by atoms with Crippen molar-refractivity contribution in [2.75, 3.05) is 36.0 Å². The Morgan fingerprint density at radius 1 is 1.00 bits per heavy atom. The molecule has 0 bridgehead atoms. The van der Waals surface area contributed by atoms with Gasteiger partial charge in [0.2, 0.25) is 5.95 Å². The molecule has 1 atom stereocenters. The molecule has 166 valence electrons. The Kier molecular flexibility index (Phi) is 7.63. The van der Waals surface area contributed by atoms with Gasteiger partial charge in [-0.15, -0.1) is 0 Å². The van der Waals surface area contributed by atoms with Gasteiger partial charge in [-0.25, -0.2) is 4.98 Å². The lowest BCUT2D eigenvalue weighted by atomic mass is 10.1. The maximum Gasteiger partial charge on any atom is 0.225 e. The summed E-state index contributed by atoms with van der Waals surface area (Å²) in [5, 5.41) is 7.77. The van der Waals surface area contributed by atoms with Crippen LogP contribution in [0, 0.1) is 13.8 Å². The molecule has 7 heteroatoms. The number of nitrogens with zero attached hydrogens (tertiary/aromatic N) is 4. The third-order valence-electron chi connectivity index (χ3n) is 5.48. The first-order valence-electron chi connectivity index (χ1n) is 11.2. The number of hydrogen-bond donors (Lipinski definition) is 3. The summed E-state index contributed by atoms with van der Waals surface area (Å²) in [4.78, 5) is 16.2. The summed E-state index contributed by atoms with van der Waals surface area (Å²) in [6, 6.07) is 10.1. The van der Waals surface area contributed by atoms with Gasteiger partial charge in [0.25, 0.3) is 0 Å². The van der Waals surface area contributed by atoms with Crippen molar-refractivity contribution in [2.45, 2.75) is 53.5 Å². The Bertz CT molecular complexity index is 1010. The van der Waals surface area contributed by atoms with Crippen LogP contribution in [0.25, 0.3) is 10.9 Å². The van der Waals surface area contributed by atoms with Crippen molar-refractivity contribution >= 4 is 34.0 Å². The number of aryl methyl sites for hydroxylation is 2. The van der Waals surface area contributed by atoms with E-state index >= 15 is 0 Å². The van der Waals surface area contributed by atoms with E-state index in [1.54, 1.807) is 0 Å². The summed E-state index contributed by atoms with van der Waals surface area (Å²) in [7, 11) is 0. The van der Waals surface area contributed by atoms with Crippen molar-refractivity contribution < 1.29 is 0 Å². The number of aromatic nitrogens is 3. The lowest BCUT2D eigenvalue weighted by Gasteiger charge is -2.20.